The van der Waals surface area contributed by atoms with Gasteiger partial charge in [-0.1, -0.05) is 84.8 Å². The van der Waals surface area contributed by atoms with Gasteiger partial charge in [-0.05, 0) is 125 Å². The predicted octanol–water partition coefficient (Wildman–Crippen LogP) is 9.42. The summed E-state index contributed by atoms with van der Waals surface area (Å²) in [6, 6.07) is 0. The van der Waals surface area contributed by atoms with E-state index in [1.165, 1.54) is 0 Å². The fourth-order valence-electron chi connectivity index (χ4n) is 12.5. The smallest absolute Gasteiger partial charge is 0.317 e. The van der Waals surface area contributed by atoms with Crippen LogP contribution in [0.25, 0.3) is 0 Å². The number of cyclic esters (lactones) is 4. The van der Waals surface area contributed by atoms with Gasteiger partial charge in [-0.2, -0.15) is 0 Å². The molecule has 0 spiro atoms. The molecule has 12 heteroatoms. The van der Waals surface area contributed by atoms with E-state index in [0.717, 1.165) is 57.8 Å². The van der Waals surface area contributed by atoms with E-state index in [-0.39, 0.29) is 59.9 Å². The maximum Gasteiger partial charge on any atom is 0.317 e. The lowest BCUT2D eigenvalue weighted by Gasteiger charge is -2.57. The standard InChI is InChI=1S/C47H72O12/c1-7-8-9-13-17-30(33-26-37(50)56-41(33)51)20-22-32(18-14-11-10-12-15-19-36(48)49)58-59-47(6)28-34(40(47)29(2)3)39-38(42(52)57-43(39)53)31-21-23-35-45(4,27-31)24-16-25-46(35,5)44(54)55/h13,17,29-35,38-40H,7-12,14-16,18-28H2,1-6H3,(H,48,49)(H,54,55)/b17-13+. The Morgan fingerprint density at radius 3 is 2.22 bits per heavy atom. The van der Waals surface area contributed by atoms with Crippen molar-refractivity contribution < 1.29 is 58.2 Å². The fourth-order valence-corrected chi connectivity index (χ4v) is 12.5. The Balaban J connectivity index is 1.27. The Kier molecular flexibility index (Phi) is 16.0. The SMILES string of the molecule is CCCC/C=C/C(CCC(CCCCCCCC(=O)O)OOC1(C)CC(C2C(=O)OC(=O)C2C2CCC3C(C)(CCCC3(C)C(=O)O)C2)C1C(C)C)C1CC(=O)OC1=O. The molecule has 5 rings (SSSR count). The molecule has 0 aromatic carbocycles. The Morgan fingerprint density at radius 2 is 1.56 bits per heavy atom. The number of carboxylic acids is 2. The highest BCUT2D eigenvalue weighted by Crippen LogP contribution is 2.63. The van der Waals surface area contributed by atoms with Gasteiger partial charge in [-0.3, -0.25) is 28.8 Å². The van der Waals surface area contributed by atoms with E-state index in [1.54, 1.807) is 0 Å². The average molecular weight is 829 g/mol. The van der Waals surface area contributed by atoms with Gasteiger partial charge in [-0.15, -0.1) is 0 Å². The molecule has 5 aliphatic rings. The van der Waals surface area contributed by atoms with E-state index in [0.29, 0.717) is 57.8 Å². The minimum Gasteiger partial charge on any atom is -0.481 e. The molecule has 59 heavy (non-hydrogen) atoms. The molecule has 12 atom stereocenters. The summed E-state index contributed by atoms with van der Waals surface area (Å²) in [5, 5.41) is 19.2. The number of hydrogen-bond acceptors (Lipinski definition) is 10. The monoisotopic (exact) mass is 829 g/mol. The molecule has 0 amide bonds. The number of hydrogen-bond donors (Lipinski definition) is 2. The van der Waals surface area contributed by atoms with Crippen molar-refractivity contribution in [3.63, 3.8) is 0 Å². The normalized spacial score (nSPS) is 35.7. The van der Waals surface area contributed by atoms with Crippen LogP contribution >= 0.6 is 0 Å². The van der Waals surface area contributed by atoms with Crippen molar-refractivity contribution in [2.45, 2.75) is 182 Å². The Morgan fingerprint density at radius 1 is 0.847 bits per heavy atom. The number of unbranched alkanes of at least 4 members (excludes halogenated alkanes) is 6. The van der Waals surface area contributed by atoms with Crippen molar-refractivity contribution in [3.8, 4) is 0 Å². The lowest BCUT2D eigenvalue weighted by atomic mass is 9.47. The molecule has 2 N–H and O–H groups in total. The topological polar surface area (TPSA) is 180 Å². The highest BCUT2D eigenvalue weighted by molar-refractivity contribution is 5.97. The first-order chi connectivity index (χ1) is 27.9. The van der Waals surface area contributed by atoms with Crippen molar-refractivity contribution >= 4 is 35.8 Å². The number of carbonyl (C=O) groups excluding carboxylic acids is 4. The Labute approximate surface area is 351 Å². The van der Waals surface area contributed by atoms with Gasteiger partial charge in [-0.25, -0.2) is 9.78 Å². The van der Waals surface area contributed by atoms with Crippen LogP contribution in [0.15, 0.2) is 12.2 Å². The van der Waals surface area contributed by atoms with Gasteiger partial charge in [0.05, 0.1) is 35.7 Å². The number of aliphatic carboxylic acids is 2. The van der Waals surface area contributed by atoms with Crippen LogP contribution in [0.2, 0.25) is 0 Å². The first-order valence-corrected chi connectivity index (χ1v) is 22.9. The average Bonchev–Trinajstić information content (AvgIpc) is 3.65. The van der Waals surface area contributed by atoms with Gasteiger partial charge < -0.3 is 19.7 Å². The molecule has 2 saturated heterocycles. The van der Waals surface area contributed by atoms with Crippen molar-refractivity contribution in [3.05, 3.63) is 12.2 Å². The number of carbonyl (C=O) groups is 6. The molecule has 0 radical (unpaired) electrons. The highest BCUT2D eigenvalue weighted by Gasteiger charge is 2.65. The molecule has 0 bridgehead atoms. The number of esters is 4. The van der Waals surface area contributed by atoms with Crippen LogP contribution in [-0.4, -0.2) is 57.7 Å². The van der Waals surface area contributed by atoms with Crippen LogP contribution in [0.5, 0.6) is 0 Å². The number of fused-ring (bicyclic) bond motifs is 1. The molecule has 3 aliphatic carbocycles. The van der Waals surface area contributed by atoms with Crippen molar-refractivity contribution in [1.29, 1.82) is 0 Å². The van der Waals surface area contributed by atoms with E-state index >= 15 is 0 Å². The number of carboxylic acid groups (broad SMARTS) is 2. The van der Waals surface area contributed by atoms with E-state index in [9.17, 15) is 33.9 Å². The molecule has 332 valence electrons. The quantitative estimate of drug-likeness (QED) is 0.0249. The minimum atomic E-state index is -0.799. The first-order valence-electron chi connectivity index (χ1n) is 22.9. The molecule has 5 fully saturated rings. The Hall–Kier alpha value is -3.12. The number of allylic oxidation sites excluding steroid dienone is 2. The van der Waals surface area contributed by atoms with Crippen LogP contribution < -0.4 is 0 Å². The third-order valence-corrected chi connectivity index (χ3v) is 15.4. The third-order valence-electron chi connectivity index (χ3n) is 15.4. The summed E-state index contributed by atoms with van der Waals surface area (Å²) < 4.78 is 10.4. The first kappa shape index (κ1) is 46.9. The van der Waals surface area contributed by atoms with Crippen molar-refractivity contribution in [2.24, 2.45) is 64.1 Å². The Bertz CT molecular complexity index is 1550. The zero-order valence-electron chi connectivity index (χ0n) is 36.5. The van der Waals surface area contributed by atoms with E-state index < -0.39 is 64.6 Å². The van der Waals surface area contributed by atoms with Gasteiger partial charge in [0.25, 0.3) is 0 Å². The van der Waals surface area contributed by atoms with E-state index in [2.05, 4.69) is 39.8 Å². The molecule has 12 nitrogen and oxygen atoms in total. The zero-order valence-corrected chi connectivity index (χ0v) is 36.5. The van der Waals surface area contributed by atoms with Crippen LogP contribution in [-0.2, 0) is 48.0 Å². The maximum atomic E-state index is 13.6. The molecular weight excluding hydrogens is 757 g/mol. The van der Waals surface area contributed by atoms with Gasteiger partial charge >= 0.3 is 35.8 Å². The second kappa shape index (κ2) is 20.2. The summed E-state index contributed by atoms with van der Waals surface area (Å²) >= 11 is 0. The lowest BCUT2D eigenvalue weighted by Crippen LogP contribution is -2.60. The summed E-state index contributed by atoms with van der Waals surface area (Å²) in [5.41, 5.74) is -1.77. The second-order valence-corrected chi connectivity index (χ2v) is 20.0. The van der Waals surface area contributed by atoms with Crippen LogP contribution in [0.3, 0.4) is 0 Å². The summed E-state index contributed by atoms with van der Waals surface area (Å²) in [7, 11) is 0. The summed E-state index contributed by atoms with van der Waals surface area (Å²) in [4.78, 5) is 88.3. The third kappa shape index (κ3) is 10.9. The molecule has 12 unspecified atom stereocenters. The van der Waals surface area contributed by atoms with Gasteiger partial charge in [0.1, 0.15) is 5.60 Å². The molecule has 0 aromatic heterocycles. The van der Waals surface area contributed by atoms with Crippen LogP contribution in [0.4, 0.5) is 0 Å². The van der Waals surface area contributed by atoms with Gasteiger partial charge in [0, 0.05) is 6.42 Å². The van der Waals surface area contributed by atoms with Crippen molar-refractivity contribution in [1.82, 2.24) is 0 Å². The number of rotatable bonds is 23. The summed E-state index contributed by atoms with van der Waals surface area (Å²) in [5.74, 6) is -5.54. The second-order valence-electron chi connectivity index (χ2n) is 20.0. The minimum absolute atomic E-state index is 0.0109. The largest absolute Gasteiger partial charge is 0.481 e. The van der Waals surface area contributed by atoms with Crippen LogP contribution in [0, 0.1) is 64.1 Å². The number of ether oxygens (including phenoxy) is 2. The summed E-state index contributed by atoms with van der Waals surface area (Å²) in [6.07, 6.45) is 18.0. The van der Waals surface area contributed by atoms with Gasteiger partial charge in [0.15, 0.2) is 0 Å². The highest BCUT2D eigenvalue weighted by atomic mass is 17.2. The molecule has 0 aromatic rings. The molecule has 2 heterocycles. The molecular formula is C47H72O12. The predicted molar refractivity (Wildman–Crippen MR) is 218 cm³/mol. The van der Waals surface area contributed by atoms with E-state index in [1.807, 2.05) is 13.8 Å². The fraction of sp³-hybridized carbons (Fsp3) is 0.830. The van der Waals surface area contributed by atoms with Gasteiger partial charge in [0.2, 0.25) is 0 Å². The van der Waals surface area contributed by atoms with E-state index in [4.69, 9.17) is 24.4 Å². The molecule has 3 saturated carbocycles. The van der Waals surface area contributed by atoms with Crippen LogP contribution in [0.1, 0.15) is 170 Å². The summed E-state index contributed by atoms with van der Waals surface area (Å²) in [6.45, 7) is 12.4. The zero-order chi connectivity index (χ0) is 43.1. The van der Waals surface area contributed by atoms with Crippen molar-refractivity contribution in [2.75, 3.05) is 0 Å². The lowest BCUT2D eigenvalue weighted by molar-refractivity contribution is -0.423. The molecule has 2 aliphatic heterocycles. The maximum absolute atomic E-state index is 13.6.